The molecule has 2 rings (SSSR count). The Labute approximate surface area is 110 Å². The summed E-state index contributed by atoms with van der Waals surface area (Å²) >= 11 is 0. The lowest BCUT2D eigenvalue weighted by atomic mass is 10.1. The second-order valence-corrected chi connectivity index (χ2v) is 4.63. The van der Waals surface area contributed by atoms with Crippen molar-refractivity contribution in [2.24, 2.45) is 5.73 Å². The summed E-state index contributed by atoms with van der Waals surface area (Å²) in [6.45, 7) is -0.0406. The number of nitrogens with two attached hydrogens (primary N) is 1. The Kier molecular flexibility index (Phi) is 4.07. The minimum Gasteiger partial charge on any atom is -0.322 e. The molecule has 0 aliphatic carbocycles. The molecule has 0 unspecified atom stereocenters. The summed E-state index contributed by atoms with van der Waals surface area (Å²) < 4.78 is 13.3. The van der Waals surface area contributed by atoms with Crippen molar-refractivity contribution < 1.29 is 9.18 Å². The molecule has 6 heteroatoms. The van der Waals surface area contributed by atoms with Crippen LogP contribution in [0.4, 0.5) is 4.39 Å². The number of alkyl halides is 1. The molecule has 0 spiro atoms. The maximum Gasteiger partial charge on any atom is 0.241 e. The van der Waals surface area contributed by atoms with Gasteiger partial charge in [-0.1, -0.05) is 0 Å². The van der Waals surface area contributed by atoms with Crippen molar-refractivity contribution in [3.8, 4) is 6.07 Å². The fourth-order valence-corrected chi connectivity index (χ4v) is 2.22. The van der Waals surface area contributed by atoms with Gasteiger partial charge in [-0.05, 0) is 24.1 Å². The fraction of sp³-hybridized carbons (Fsp3) is 0.462. The van der Waals surface area contributed by atoms with Gasteiger partial charge in [0.25, 0.3) is 0 Å². The van der Waals surface area contributed by atoms with Crippen molar-refractivity contribution in [1.29, 1.82) is 5.26 Å². The number of carbonyl (C=O) groups is 1. The molecule has 1 aromatic rings. The summed E-state index contributed by atoms with van der Waals surface area (Å²) in [5, 5.41) is 8.91. The lowest BCUT2D eigenvalue weighted by molar-refractivity contribution is -0.132. The third-order valence-electron chi connectivity index (χ3n) is 3.20. The number of halogens is 1. The quantitative estimate of drug-likeness (QED) is 0.855. The van der Waals surface area contributed by atoms with Crippen LogP contribution in [0.3, 0.4) is 0 Å². The molecule has 1 fully saturated rings. The van der Waals surface area contributed by atoms with Gasteiger partial charge in [0.05, 0.1) is 18.7 Å². The molecule has 0 aromatic carbocycles. The lowest BCUT2D eigenvalue weighted by Gasteiger charge is -2.23. The number of amides is 1. The Hall–Kier alpha value is -2.00. The third-order valence-corrected chi connectivity index (χ3v) is 3.20. The average molecular weight is 262 g/mol. The second kappa shape index (κ2) is 5.76. The Morgan fingerprint density at radius 3 is 2.95 bits per heavy atom. The summed E-state index contributed by atoms with van der Waals surface area (Å²) in [5.41, 5.74) is 6.74. The van der Waals surface area contributed by atoms with Crippen LogP contribution in [0.1, 0.15) is 12.0 Å². The van der Waals surface area contributed by atoms with E-state index in [2.05, 4.69) is 4.98 Å². The minimum absolute atomic E-state index is 0.0406. The van der Waals surface area contributed by atoms with Gasteiger partial charge in [0.15, 0.2) is 0 Å². The molecular formula is C13H15FN4O. The number of likely N-dealkylation sites (tertiary alicyclic amines) is 1. The molecule has 2 N–H and O–H groups in total. The van der Waals surface area contributed by atoms with Crippen LogP contribution in [0.15, 0.2) is 24.5 Å². The van der Waals surface area contributed by atoms with E-state index in [0.717, 1.165) is 5.56 Å². The van der Waals surface area contributed by atoms with Crippen LogP contribution in [0, 0.1) is 11.3 Å². The minimum atomic E-state index is -1.14. The van der Waals surface area contributed by atoms with Crippen molar-refractivity contribution in [2.45, 2.75) is 31.1 Å². The van der Waals surface area contributed by atoms with E-state index in [1.807, 2.05) is 6.07 Å². The van der Waals surface area contributed by atoms with Crippen molar-refractivity contribution in [3.05, 3.63) is 30.1 Å². The number of hydrogen-bond acceptors (Lipinski definition) is 4. The molecule has 2 heterocycles. The van der Waals surface area contributed by atoms with Gasteiger partial charge in [0.1, 0.15) is 12.2 Å². The Balaban J connectivity index is 2.01. The van der Waals surface area contributed by atoms with Gasteiger partial charge in [-0.2, -0.15) is 5.26 Å². The first-order valence-electron chi connectivity index (χ1n) is 6.10. The van der Waals surface area contributed by atoms with E-state index in [9.17, 15) is 9.18 Å². The van der Waals surface area contributed by atoms with Crippen LogP contribution in [0.5, 0.6) is 0 Å². The molecule has 1 aliphatic rings. The van der Waals surface area contributed by atoms with Gasteiger partial charge >= 0.3 is 0 Å². The maximum absolute atomic E-state index is 13.3. The molecule has 0 radical (unpaired) electrons. The summed E-state index contributed by atoms with van der Waals surface area (Å²) in [4.78, 5) is 17.3. The van der Waals surface area contributed by atoms with Crippen molar-refractivity contribution >= 4 is 5.91 Å². The van der Waals surface area contributed by atoms with Crippen LogP contribution in [0.2, 0.25) is 0 Å². The van der Waals surface area contributed by atoms with Crippen LogP contribution >= 0.6 is 0 Å². The standard InChI is InChI=1S/C13H15FN4O/c14-10-6-11(7-15)18(8-10)13(19)12(16)5-9-1-3-17-4-2-9/h1-4,10-12H,5-6,8,16H2/t10-,11-,12-/m0/s1. The van der Waals surface area contributed by atoms with Crippen LogP contribution in [0.25, 0.3) is 0 Å². The zero-order valence-electron chi connectivity index (χ0n) is 10.4. The predicted octanol–water partition coefficient (Wildman–Crippen LogP) is 0.414. The summed E-state index contributed by atoms with van der Waals surface area (Å²) in [6.07, 6.45) is 2.54. The molecule has 0 saturated carbocycles. The summed E-state index contributed by atoms with van der Waals surface area (Å²) in [6, 6.07) is 4.03. The highest BCUT2D eigenvalue weighted by Crippen LogP contribution is 2.21. The highest BCUT2D eigenvalue weighted by Gasteiger charge is 2.37. The van der Waals surface area contributed by atoms with E-state index in [1.54, 1.807) is 24.5 Å². The number of nitriles is 1. The van der Waals surface area contributed by atoms with Crippen LogP contribution < -0.4 is 5.73 Å². The highest BCUT2D eigenvalue weighted by atomic mass is 19.1. The van der Waals surface area contributed by atoms with E-state index < -0.39 is 18.3 Å². The van der Waals surface area contributed by atoms with E-state index in [1.165, 1.54) is 4.90 Å². The van der Waals surface area contributed by atoms with Crippen LogP contribution in [-0.2, 0) is 11.2 Å². The van der Waals surface area contributed by atoms with Crippen molar-refractivity contribution in [1.82, 2.24) is 9.88 Å². The normalized spacial score (nSPS) is 23.9. The first kappa shape index (κ1) is 13.4. The molecule has 5 nitrogen and oxygen atoms in total. The van der Waals surface area contributed by atoms with Gasteiger partial charge in [-0.15, -0.1) is 0 Å². The molecule has 1 aliphatic heterocycles. The molecule has 1 aromatic heterocycles. The van der Waals surface area contributed by atoms with E-state index in [4.69, 9.17) is 11.0 Å². The number of carbonyl (C=O) groups excluding carboxylic acids is 1. The maximum atomic E-state index is 13.3. The number of nitrogens with zero attached hydrogens (tertiary/aromatic N) is 3. The van der Waals surface area contributed by atoms with Gasteiger partial charge in [-0.25, -0.2) is 4.39 Å². The number of pyridine rings is 1. The molecule has 0 bridgehead atoms. The van der Waals surface area contributed by atoms with Gasteiger partial charge in [0.2, 0.25) is 5.91 Å². The van der Waals surface area contributed by atoms with E-state index >= 15 is 0 Å². The first-order valence-corrected chi connectivity index (χ1v) is 6.10. The average Bonchev–Trinajstić information content (AvgIpc) is 2.80. The molecule has 3 atom stereocenters. The Morgan fingerprint density at radius 2 is 2.32 bits per heavy atom. The predicted molar refractivity (Wildman–Crippen MR) is 66.5 cm³/mol. The SMILES string of the molecule is N#C[C@@H]1C[C@H](F)CN1C(=O)[C@@H](N)Cc1ccncc1. The second-order valence-electron chi connectivity index (χ2n) is 4.63. The third kappa shape index (κ3) is 3.06. The van der Waals surface area contributed by atoms with Gasteiger partial charge < -0.3 is 10.6 Å². The molecule has 1 amide bonds. The molecule has 1 saturated heterocycles. The topological polar surface area (TPSA) is 83.0 Å². The Bertz CT molecular complexity index is 487. The van der Waals surface area contributed by atoms with Gasteiger partial charge in [0, 0.05) is 18.8 Å². The van der Waals surface area contributed by atoms with Gasteiger partial charge in [-0.3, -0.25) is 9.78 Å². The van der Waals surface area contributed by atoms with E-state index in [-0.39, 0.29) is 18.9 Å². The summed E-state index contributed by atoms with van der Waals surface area (Å²) in [7, 11) is 0. The molecule has 100 valence electrons. The lowest BCUT2D eigenvalue weighted by Crippen LogP contribution is -2.46. The summed E-state index contributed by atoms with van der Waals surface area (Å²) in [5.74, 6) is -0.372. The van der Waals surface area contributed by atoms with Crippen molar-refractivity contribution in [3.63, 3.8) is 0 Å². The van der Waals surface area contributed by atoms with Crippen molar-refractivity contribution in [2.75, 3.05) is 6.54 Å². The number of aromatic nitrogens is 1. The number of rotatable bonds is 3. The zero-order chi connectivity index (χ0) is 13.8. The Morgan fingerprint density at radius 1 is 1.63 bits per heavy atom. The molecular weight excluding hydrogens is 247 g/mol. The fourth-order valence-electron chi connectivity index (χ4n) is 2.22. The van der Waals surface area contributed by atoms with E-state index in [0.29, 0.717) is 6.42 Å². The van der Waals surface area contributed by atoms with Crippen LogP contribution in [-0.4, -0.2) is 40.6 Å². The first-order chi connectivity index (χ1) is 9.11. The smallest absolute Gasteiger partial charge is 0.241 e. The largest absolute Gasteiger partial charge is 0.322 e. The number of hydrogen-bond donors (Lipinski definition) is 1. The highest BCUT2D eigenvalue weighted by molar-refractivity contribution is 5.83. The zero-order valence-corrected chi connectivity index (χ0v) is 10.4. The monoisotopic (exact) mass is 262 g/mol. The molecule has 19 heavy (non-hydrogen) atoms.